The SMILES string of the molecule is O=C(c1ccccc1Cl)c1cc(Cl)ccc1N=Cc1ccc(Cl)c([N+](=O)[O-])c1. The first-order valence-corrected chi connectivity index (χ1v) is 9.07. The van der Waals surface area contributed by atoms with E-state index in [9.17, 15) is 14.9 Å². The van der Waals surface area contributed by atoms with Crippen molar-refractivity contribution < 1.29 is 9.72 Å². The third-order valence-electron chi connectivity index (χ3n) is 3.84. The van der Waals surface area contributed by atoms with Gasteiger partial charge in [0.15, 0.2) is 5.78 Å². The van der Waals surface area contributed by atoms with E-state index in [2.05, 4.69) is 4.99 Å². The number of nitro benzene ring substituents is 1. The van der Waals surface area contributed by atoms with Crippen LogP contribution in [0.5, 0.6) is 0 Å². The van der Waals surface area contributed by atoms with Gasteiger partial charge >= 0.3 is 0 Å². The van der Waals surface area contributed by atoms with Gasteiger partial charge in [-0.1, -0.05) is 53.0 Å². The Bertz CT molecular complexity index is 1110. The zero-order chi connectivity index (χ0) is 20.3. The Balaban J connectivity index is 2.01. The molecule has 3 aromatic rings. The Morgan fingerprint density at radius 2 is 1.68 bits per heavy atom. The number of carbonyl (C=O) groups is 1. The van der Waals surface area contributed by atoms with Gasteiger partial charge in [-0.25, -0.2) is 0 Å². The van der Waals surface area contributed by atoms with Crippen LogP contribution in [0.2, 0.25) is 15.1 Å². The molecule has 28 heavy (non-hydrogen) atoms. The lowest BCUT2D eigenvalue weighted by Gasteiger charge is -2.07. The van der Waals surface area contributed by atoms with Crippen LogP contribution in [0.3, 0.4) is 0 Å². The van der Waals surface area contributed by atoms with Gasteiger partial charge in [0.1, 0.15) is 5.02 Å². The first-order valence-electron chi connectivity index (χ1n) is 7.93. The van der Waals surface area contributed by atoms with Crippen molar-refractivity contribution in [3.8, 4) is 0 Å². The molecule has 0 aliphatic carbocycles. The predicted molar refractivity (Wildman–Crippen MR) is 112 cm³/mol. The molecule has 0 aliphatic heterocycles. The Morgan fingerprint density at radius 3 is 2.39 bits per heavy atom. The molecular formula is C20H11Cl3N2O3. The molecule has 0 aliphatic rings. The number of halogens is 3. The average molecular weight is 434 g/mol. The van der Waals surface area contributed by atoms with Crippen molar-refractivity contribution >= 4 is 58.2 Å². The molecule has 0 spiro atoms. The summed E-state index contributed by atoms with van der Waals surface area (Å²) in [5.41, 5.74) is 1.17. The van der Waals surface area contributed by atoms with E-state index in [-0.39, 0.29) is 22.1 Å². The summed E-state index contributed by atoms with van der Waals surface area (Å²) in [6.45, 7) is 0. The van der Waals surface area contributed by atoms with Gasteiger partial charge in [-0.05, 0) is 42.0 Å². The zero-order valence-corrected chi connectivity index (χ0v) is 16.4. The van der Waals surface area contributed by atoms with Crippen molar-refractivity contribution in [3.05, 3.63) is 103 Å². The quantitative estimate of drug-likeness (QED) is 0.198. The Kier molecular flexibility index (Phi) is 6.09. The van der Waals surface area contributed by atoms with Gasteiger partial charge in [-0.2, -0.15) is 0 Å². The maximum Gasteiger partial charge on any atom is 0.288 e. The van der Waals surface area contributed by atoms with Gasteiger partial charge in [0.2, 0.25) is 0 Å². The van der Waals surface area contributed by atoms with Crippen LogP contribution in [-0.4, -0.2) is 16.9 Å². The van der Waals surface area contributed by atoms with Gasteiger partial charge < -0.3 is 0 Å². The molecule has 3 rings (SSSR count). The summed E-state index contributed by atoms with van der Waals surface area (Å²) >= 11 is 18.0. The molecule has 8 heteroatoms. The third kappa shape index (κ3) is 4.39. The molecule has 3 aromatic carbocycles. The highest BCUT2D eigenvalue weighted by Gasteiger charge is 2.17. The standard InChI is InChI=1S/C20H11Cl3N2O3/c21-13-6-8-18(15(10-13)20(26)14-3-1-2-4-16(14)22)24-11-12-5-7-17(23)19(9-12)25(27)28/h1-11H. The van der Waals surface area contributed by atoms with Crippen molar-refractivity contribution in [2.24, 2.45) is 4.99 Å². The van der Waals surface area contributed by atoms with Crippen LogP contribution in [0.15, 0.2) is 65.7 Å². The van der Waals surface area contributed by atoms with Crippen molar-refractivity contribution in [2.45, 2.75) is 0 Å². The number of hydrogen-bond donors (Lipinski definition) is 0. The molecule has 0 heterocycles. The lowest BCUT2D eigenvalue weighted by Crippen LogP contribution is -2.02. The van der Waals surface area contributed by atoms with E-state index in [4.69, 9.17) is 34.8 Å². The predicted octanol–water partition coefficient (Wildman–Crippen LogP) is 6.54. The van der Waals surface area contributed by atoms with Crippen LogP contribution in [0.4, 0.5) is 11.4 Å². The summed E-state index contributed by atoms with van der Waals surface area (Å²) in [6.07, 6.45) is 1.41. The molecule has 5 nitrogen and oxygen atoms in total. The average Bonchev–Trinajstić information content (AvgIpc) is 2.67. The van der Waals surface area contributed by atoms with Gasteiger partial charge in [0, 0.05) is 28.4 Å². The molecule has 0 bridgehead atoms. The number of ketones is 1. The Hall–Kier alpha value is -2.73. The van der Waals surface area contributed by atoms with Gasteiger partial charge in [-0.3, -0.25) is 19.9 Å². The topological polar surface area (TPSA) is 72.6 Å². The molecule has 0 saturated heterocycles. The summed E-state index contributed by atoms with van der Waals surface area (Å²) in [6, 6.07) is 15.7. The molecular weight excluding hydrogens is 423 g/mol. The van der Waals surface area contributed by atoms with E-state index >= 15 is 0 Å². The lowest BCUT2D eigenvalue weighted by atomic mass is 10.0. The fraction of sp³-hybridized carbons (Fsp3) is 0. The van der Waals surface area contributed by atoms with Gasteiger partial charge in [-0.15, -0.1) is 0 Å². The van der Waals surface area contributed by atoms with Crippen LogP contribution in [0, 0.1) is 10.1 Å². The van der Waals surface area contributed by atoms with Crippen LogP contribution < -0.4 is 0 Å². The number of aliphatic imine (C=N–C) groups is 1. The normalized spacial score (nSPS) is 11.0. The molecule has 140 valence electrons. The van der Waals surface area contributed by atoms with Crippen molar-refractivity contribution in [1.82, 2.24) is 0 Å². The largest absolute Gasteiger partial charge is 0.288 e. The highest BCUT2D eigenvalue weighted by molar-refractivity contribution is 6.36. The van der Waals surface area contributed by atoms with E-state index in [1.165, 1.54) is 24.4 Å². The molecule has 0 amide bonds. The highest BCUT2D eigenvalue weighted by atomic mass is 35.5. The molecule has 0 saturated carbocycles. The minimum absolute atomic E-state index is 0.0308. The van der Waals surface area contributed by atoms with Crippen LogP contribution in [-0.2, 0) is 0 Å². The number of hydrogen-bond acceptors (Lipinski definition) is 4. The van der Waals surface area contributed by atoms with E-state index in [0.717, 1.165) is 0 Å². The molecule has 0 aromatic heterocycles. The first kappa shape index (κ1) is 20.0. The number of rotatable bonds is 5. The second-order valence-electron chi connectivity index (χ2n) is 5.70. The summed E-state index contributed by atoms with van der Waals surface area (Å²) in [5, 5.41) is 11.7. The van der Waals surface area contributed by atoms with Crippen molar-refractivity contribution in [1.29, 1.82) is 0 Å². The van der Waals surface area contributed by atoms with Crippen LogP contribution in [0.25, 0.3) is 0 Å². The van der Waals surface area contributed by atoms with E-state index < -0.39 is 4.92 Å². The van der Waals surface area contributed by atoms with E-state index in [1.807, 2.05) is 0 Å². The number of nitro groups is 1. The Morgan fingerprint density at radius 1 is 0.929 bits per heavy atom. The minimum Gasteiger partial charge on any atom is -0.288 e. The smallest absolute Gasteiger partial charge is 0.288 e. The zero-order valence-electron chi connectivity index (χ0n) is 14.1. The van der Waals surface area contributed by atoms with E-state index in [1.54, 1.807) is 42.5 Å². The van der Waals surface area contributed by atoms with Crippen molar-refractivity contribution in [2.75, 3.05) is 0 Å². The monoisotopic (exact) mass is 432 g/mol. The second kappa shape index (κ2) is 8.52. The molecule has 0 unspecified atom stereocenters. The Labute approximate surface area is 175 Å². The van der Waals surface area contributed by atoms with Crippen molar-refractivity contribution in [3.63, 3.8) is 0 Å². The molecule has 0 fully saturated rings. The van der Waals surface area contributed by atoms with Gasteiger partial charge in [0.05, 0.1) is 15.6 Å². The maximum absolute atomic E-state index is 12.9. The number of carbonyl (C=O) groups excluding carboxylic acids is 1. The second-order valence-corrected chi connectivity index (χ2v) is 6.95. The molecule has 0 radical (unpaired) electrons. The summed E-state index contributed by atoms with van der Waals surface area (Å²) < 4.78 is 0. The van der Waals surface area contributed by atoms with Crippen LogP contribution in [0.1, 0.15) is 21.5 Å². The van der Waals surface area contributed by atoms with E-state index in [0.29, 0.717) is 26.9 Å². The fourth-order valence-corrected chi connectivity index (χ4v) is 3.07. The summed E-state index contributed by atoms with van der Waals surface area (Å²) in [4.78, 5) is 27.7. The molecule has 0 N–H and O–H groups in total. The molecule has 0 atom stereocenters. The number of benzene rings is 3. The summed E-state index contributed by atoms with van der Waals surface area (Å²) in [5.74, 6) is -0.331. The maximum atomic E-state index is 12.9. The van der Waals surface area contributed by atoms with Crippen LogP contribution >= 0.6 is 34.8 Å². The number of nitrogens with zero attached hydrogens (tertiary/aromatic N) is 2. The highest BCUT2D eigenvalue weighted by Crippen LogP contribution is 2.29. The lowest BCUT2D eigenvalue weighted by molar-refractivity contribution is -0.384. The minimum atomic E-state index is -0.575. The first-order chi connectivity index (χ1) is 13.4. The third-order valence-corrected chi connectivity index (χ3v) is 4.73. The summed E-state index contributed by atoms with van der Waals surface area (Å²) in [7, 11) is 0. The fourth-order valence-electron chi connectivity index (χ4n) is 2.49. The van der Waals surface area contributed by atoms with Gasteiger partial charge in [0.25, 0.3) is 5.69 Å².